The molecule has 0 aliphatic carbocycles. The second-order valence-electron chi connectivity index (χ2n) is 8.12. The van der Waals surface area contributed by atoms with E-state index in [1.165, 1.54) is 5.56 Å². The van der Waals surface area contributed by atoms with Crippen molar-refractivity contribution in [3.05, 3.63) is 77.5 Å². The van der Waals surface area contributed by atoms with Gasteiger partial charge in [0, 0.05) is 11.1 Å². The lowest BCUT2D eigenvalue weighted by atomic mass is 9.85. The Morgan fingerprint density at radius 2 is 1.68 bits per heavy atom. The molecule has 142 valence electrons. The molecule has 3 heteroatoms. The molecule has 0 saturated carbocycles. The maximum atomic E-state index is 11.0. The minimum atomic E-state index is -0.0488. The number of aldehydes is 1. The van der Waals surface area contributed by atoms with Gasteiger partial charge in [0.15, 0.2) is 0 Å². The predicted molar refractivity (Wildman–Crippen MR) is 118 cm³/mol. The molecule has 3 nitrogen and oxygen atoms in total. The third-order valence-electron chi connectivity index (χ3n) is 4.89. The molecular formula is C25H26N2O. The average molecular weight is 370 g/mol. The molecule has 0 amide bonds. The fourth-order valence-electron chi connectivity index (χ4n) is 3.32. The summed E-state index contributed by atoms with van der Waals surface area (Å²) >= 11 is 0. The Hall–Kier alpha value is -3.07. The van der Waals surface area contributed by atoms with Crippen LogP contribution >= 0.6 is 0 Å². The first-order valence-electron chi connectivity index (χ1n) is 9.43. The van der Waals surface area contributed by atoms with E-state index in [1.807, 2.05) is 37.3 Å². The molecule has 0 fully saturated rings. The van der Waals surface area contributed by atoms with Crippen molar-refractivity contribution in [3.8, 4) is 11.3 Å². The van der Waals surface area contributed by atoms with E-state index in [0.29, 0.717) is 5.56 Å². The molecule has 2 aromatic carbocycles. The fraction of sp³-hybridized carbons (Fsp3) is 0.240. The minimum absolute atomic E-state index is 0.0488. The largest absolute Gasteiger partial charge is 0.298 e. The predicted octanol–water partition coefficient (Wildman–Crippen LogP) is 6.30. The van der Waals surface area contributed by atoms with Crippen LogP contribution < -0.4 is 0 Å². The van der Waals surface area contributed by atoms with Crippen LogP contribution in [0.1, 0.15) is 54.9 Å². The van der Waals surface area contributed by atoms with Gasteiger partial charge in [0.05, 0.1) is 22.4 Å². The van der Waals surface area contributed by atoms with Crippen molar-refractivity contribution >= 4 is 22.9 Å². The highest BCUT2D eigenvalue weighted by Gasteiger charge is 2.21. The Morgan fingerprint density at radius 1 is 1.00 bits per heavy atom. The highest BCUT2D eigenvalue weighted by atomic mass is 16.1. The molecule has 0 bridgehead atoms. The SMILES string of the molecule is C=CC=C(C)c1nc2c(C)ccc(C(C)(C)C)c2nc1-c1ccc(C=O)cc1. The third-order valence-corrected chi connectivity index (χ3v) is 4.89. The van der Waals surface area contributed by atoms with E-state index in [0.717, 1.165) is 45.4 Å². The number of aromatic nitrogens is 2. The molecule has 0 aliphatic rings. The lowest BCUT2D eigenvalue weighted by Gasteiger charge is -2.22. The van der Waals surface area contributed by atoms with Crippen LogP contribution in [0.25, 0.3) is 27.9 Å². The van der Waals surface area contributed by atoms with Gasteiger partial charge >= 0.3 is 0 Å². The normalized spacial score (nSPS) is 12.2. The average Bonchev–Trinajstić information content (AvgIpc) is 2.66. The van der Waals surface area contributed by atoms with Gasteiger partial charge in [-0.05, 0) is 36.0 Å². The van der Waals surface area contributed by atoms with Gasteiger partial charge in [-0.25, -0.2) is 9.97 Å². The van der Waals surface area contributed by atoms with Crippen molar-refractivity contribution in [1.29, 1.82) is 0 Å². The van der Waals surface area contributed by atoms with Gasteiger partial charge in [0.1, 0.15) is 6.29 Å². The number of nitrogens with zero attached hydrogens (tertiary/aromatic N) is 2. The van der Waals surface area contributed by atoms with Crippen molar-refractivity contribution < 1.29 is 4.79 Å². The standard InChI is InChI=1S/C25H26N2O/c1-7-8-16(2)21-23(19-12-10-18(15-28)11-13-19)27-24-20(25(4,5)6)14-9-17(3)22(24)26-21/h7-15H,1H2,2-6H3. The van der Waals surface area contributed by atoms with E-state index < -0.39 is 0 Å². The van der Waals surface area contributed by atoms with Gasteiger partial charge in [-0.3, -0.25) is 4.79 Å². The van der Waals surface area contributed by atoms with Crippen LogP contribution in [-0.2, 0) is 5.41 Å². The minimum Gasteiger partial charge on any atom is -0.298 e. The quantitative estimate of drug-likeness (QED) is 0.399. The zero-order chi connectivity index (χ0) is 20.5. The van der Waals surface area contributed by atoms with Crippen molar-refractivity contribution in [2.75, 3.05) is 0 Å². The summed E-state index contributed by atoms with van der Waals surface area (Å²) in [7, 11) is 0. The van der Waals surface area contributed by atoms with Crippen molar-refractivity contribution in [2.45, 2.75) is 40.0 Å². The van der Waals surface area contributed by atoms with Gasteiger partial charge in [0.2, 0.25) is 0 Å². The molecule has 0 N–H and O–H groups in total. The number of carbonyl (C=O) groups excluding carboxylic acids is 1. The van der Waals surface area contributed by atoms with Crippen LogP contribution in [0.3, 0.4) is 0 Å². The molecule has 1 heterocycles. The van der Waals surface area contributed by atoms with Crippen LogP contribution in [0.4, 0.5) is 0 Å². The van der Waals surface area contributed by atoms with Crippen molar-refractivity contribution in [3.63, 3.8) is 0 Å². The summed E-state index contributed by atoms with van der Waals surface area (Å²) in [4.78, 5) is 21.2. The topological polar surface area (TPSA) is 42.9 Å². The van der Waals surface area contributed by atoms with Crippen LogP contribution in [-0.4, -0.2) is 16.3 Å². The molecule has 0 radical (unpaired) electrons. The summed E-state index contributed by atoms with van der Waals surface area (Å²) in [5.41, 5.74) is 8.31. The molecule has 0 spiro atoms. The number of carbonyl (C=O) groups is 1. The fourth-order valence-corrected chi connectivity index (χ4v) is 3.32. The maximum Gasteiger partial charge on any atom is 0.150 e. The molecule has 0 saturated heterocycles. The smallest absolute Gasteiger partial charge is 0.150 e. The van der Waals surface area contributed by atoms with E-state index in [1.54, 1.807) is 6.08 Å². The Morgan fingerprint density at radius 3 is 2.25 bits per heavy atom. The third kappa shape index (κ3) is 3.65. The van der Waals surface area contributed by atoms with E-state index in [4.69, 9.17) is 9.97 Å². The lowest BCUT2D eigenvalue weighted by Crippen LogP contribution is -2.13. The Labute approximate surface area is 166 Å². The van der Waals surface area contributed by atoms with E-state index in [9.17, 15) is 4.79 Å². The van der Waals surface area contributed by atoms with Crippen LogP contribution in [0.5, 0.6) is 0 Å². The number of benzene rings is 2. The van der Waals surface area contributed by atoms with Gasteiger partial charge in [-0.15, -0.1) is 0 Å². The van der Waals surface area contributed by atoms with E-state index in [-0.39, 0.29) is 5.41 Å². The van der Waals surface area contributed by atoms with Gasteiger partial charge < -0.3 is 0 Å². The molecule has 3 aromatic rings. The highest BCUT2D eigenvalue weighted by molar-refractivity contribution is 5.89. The molecule has 1 aromatic heterocycles. The van der Waals surface area contributed by atoms with Crippen LogP contribution in [0.15, 0.2) is 55.1 Å². The zero-order valence-electron chi connectivity index (χ0n) is 17.2. The Balaban J connectivity index is 2.41. The summed E-state index contributed by atoms with van der Waals surface area (Å²) in [5.74, 6) is 0. The van der Waals surface area contributed by atoms with Crippen molar-refractivity contribution in [1.82, 2.24) is 9.97 Å². The summed E-state index contributed by atoms with van der Waals surface area (Å²) in [6.07, 6.45) is 4.56. The highest BCUT2D eigenvalue weighted by Crippen LogP contribution is 2.34. The molecule has 3 rings (SSSR count). The lowest BCUT2D eigenvalue weighted by molar-refractivity contribution is 0.112. The Bertz CT molecular complexity index is 1080. The first kappa shape index (κ1) is 19.7. The number of aryl methyl sites for hydroxylation is 1. The second kappa shape index (κ2) is 7.51. The number of hydrogen-bond acceptors (Lipinski definition) is 3. The first-order valence-corrected chi connectivity index (χ1v) is 9.43. The Kier molecular flexibility index (Phi) is 5.28. The molecule has 0 unspecified atom stereocenters. The summed E-state index contributed by atoms with van der Waals surface area (Å²) in [6, 6.07) is 11.7. The first-order chi connectivity index (χ1) is 13.3. The monoisotopic (exact) mass is 370 g/mol. The number of fused-ring (bicyclic) bond motifs is 1. The van der Waals surface area contributed by atoms with E-state index >= 15 is 0 Å². The molecule has 0 atom stereocenters. The van der Waals surface area contributed by atoms with Gasteiger partial charge in [-0.2, -0.15) is 0 Å². The maximum absolute atomic E-state index is 11.0. The zero-order valence-corrected chi connectivity index (χ0v) is 17.2. The van der Waals surface area contributed by atoms with Crippen molar-refractivity contribution in [2.24, 2.45) is 0 Å². The van der Waals surface area contributed by atoms with Crippen LogP contribution in [0, 0.1) is 6.92 Å². The molecule has 0 aliphatic heterocycles. The summed E-state index contributed by atoms with van der Waals surface area (Å²) in [5, 5.41) is 0. The number of rotatable bonds is 4. The summed E-state index contributed by atoms with van der Waals surface area (Å²) < 4.78 is 0. The van der Waals surface area contributed by atoms with Gasteiger partial charge in [0.25, 0.3) is 0 Å². The molecular weight excluding hydrogens is 344 g/mol. The van der Waals surface area contributed by atoms with E-state index in [2.05, 4.69) is 46.4 Å². The van der Waals surface area contributed by atoms with Gasteiger partial charge in [-0.1, -0.05) is 75.9 Å². The number of allylic oxidation sites excluding steroid dienone is 3. The van der Waals surface area contributed by atoms with Crippen LogP contribution in [0.2, 0.25) is 0 Å². The molecule has 28 heavy (non-hydrogen) atoms. The summed E-state index contributed by atoms with van der Waals surface area (Å²) in [6.45, 7) is 14.5. The second-order valence-corrected chi connectivity index (χ2v) is 8.12. The number of hydrogen-bond donors (Lipinski definition) is 0.